The molecule has 0 aromatic carbocycles. The molecule has 0 aliphatic carbocycles. The molecule has 0 saturated heterocycles. The normalized spacial score (nSPS) is 11.2. The van der Waals surface area contributed by atoms with Gasteiger partial charge in [-0.25, -0.2) is 0 Å². The molecular formula is C4H9OP. The molecule has 0 aromatic rings. The summed E-state index contributed by atoms with van der Waals surface area (Å²) in [4.78, 5) is 9.63. The Morgan fingerprint density at radius 3 is 2.17 bits per heavy atom. The molecule has 0 fully saturated rings. The zero-order valence-electron chi connectivity index (χ0n) is 4.06. The van der Waals surface area contributed by atoms with Crippen LogP contribution < -0.4 is 0 Å². The lowest BCUT2D eigenvalue weighted by atomic mass is 10.6. The fraction of sp³-hybridized carbons (Fsp3) is 0.750. The zero-order valence-corrected chi connectivity index (χ0v) is 5.06. The Kier molecular flexibility index (Phi) is 3.35. The van der Waals surface area contributed by atoms with Crippen molar-refractivity contribution in [2.75, 3.05) is 0 Å². The summed E-state index contributed by atoms with van der Waals surface area (Å²) in [6.07, 6.45) is 0. The molecule has 1 nitrogen and oxygen atoms in total. The Bertz CT molecular complexity index is 42.8. The van der Waals surface area contributed by atoms with Crippen LogP contribution in [0.15, 0.2) is 0 Å². The van der Waals surface area contributed by atoms with E-state index in [1.54, 1.807) is 0 Å². The van der Waals surface area contributed by atoms with Crippen LogP contribution in [0.3, 0.4) is 0 Å². The van der Waals surface area contributed by atoms with Gasteiger partial charge in [-0.15, -0.1) is 0 Å². The van der Waals surface area contributed by atoms with E-state index in [4.69, 9.17) is 0 Å². The number of rotatable bonds is 2. The summed E-state index contributed by atoms with van der Waals surface area (Å²) in [6, 6.07) is 0.977. The molecule has 0 bridgehead atoms. The average Bonchev–Trinajstić information content (AvgIpc) is 1.35. The van der Waals surface area contributed by atoms with Crippen LogP contribution in [-0.2, 0) is 4.79 Å². The molecule has 0 radical (unpaired) electrons. The van der Waals surface area contributed by atoms with Crippen LogP contribution in [0.5, 0.6) is 0 Å². The van der Waals surface area contributed by atoms with Gasteiger partial charge in [-0.05, 0) is 5.66 Å². The van der Waals surface area contributed by atoms with E-state index in [2.05, 4.69) is 0 Å². The minimum atomic E-state index is 0.491. The van der Waals surface area contributed by atoms with Gasteiger partial charge in [0.2, 0.25) is 0 Å². The van der Waals surface area contributed by atoms with Gasteiger partial charge in [0.05, 0.1) is 0 Å². The molecule has 0 saturated carbocycles. The number of carbonyl (C=O) groups is 1. The molecule has 0 spiro atoms. The lowest BCUT2D eigenvalue weighted by molar-refractivity contribution is 0.569. The molecule has 6 heavy (non-hydrogen) atoms. The van der Waals surface area contributed by atoms with Crippen LogP contribution >= 0.6 is 8.58 Å². The Morgan fingerprint density at radius 2 is 2.17 bits per heavy atom. The number of carbonyl (C=O) groups excluding carboxylic acids is 1. The van der Waals surface area contributed by atoms with Gasteiger partial charge in [-0.3, -0.25) is 4.79 Å². The van der Waals surface area contributed by atoms with Crippen molar-refractivity contribution in [3.8, 4) is 0 Å². The molecule has 1 unspecified atom stereocenters. The van der Waals surface area contributed by atoms with Crippen LogP contribution in [0.4, 0.5) is 0 Å². The van der Waals surface area contributed by atoms with E-state index in [0.29, 0.717) is 14.2 Å². The van der Waals surface area contributed by atoms with Crippen LogP contribution in [0.2, 0.25) is 0 Å². The van der Waals surface area contributed by atoms with Gasteiger partial charge in [0, 0.05) is 0 Å². The highest BCUT2D eigenvalue weighted by molar-refractivity contribution is 7.55. The minimum Gasteiger partial charge on any atom is -0.299 e. The predicted molar refractivity (Wildman–Crippen MR) is 30.2 cm³/mol. The first-order chi connectivity index (χ1) is 2.77. The van der Waals surface area contributed by atoms with E-state index in [-0.39, 0.29) is 0 Å². The van der Waals surface area contributed by atoms with Gasteiger partial charge < -0.3 is 0 Å². The van der Waals surface area contributed by atoms with Gasteiger partial charge in [0.25, 0.3) is 0 Å². The third-order valence-electron chi connectivity index (χ3n) is 0.401. The fourth-order valence-electron chi connectivity index (χ4n) is 0.136. The molecule has 0 aliphatic rings. The predicted octanol–water partition coefficient (Wildman–Crippen LogP) is 1.26. The van der Waals surface area contributed by atoms with Crippen molar-refractivity contribution in [2.45, 2.75) is 19.5 Å². The average molecular weight is 104 g/mol. The summed E-state index contributed by atoms with van der Waals surface area (Å²) in [7, 11) is 0.491. The highest BCUT2D eigenvalue weighted by atomic mass is 31.1. The summed E-state index contributed by atoms with van der Waals surface area (Å²) < 4.78 is 0. The number of hydrogen-bond acceptors (Lipinski definition) is 1. The fourth-order valence-corrected chi connectivity index (χ4v) is 0.408. The topological polar surface area (TPSA) is 17.1 Å². The van der Waals surface area contributed by atoms with Gasteiger partial charge >= 0.3 is 0 Å². The van der Waals surface area contributed by atoms with E-state index in [1.165, 1.54) is 0 Å². The van der Waals surface area contributed by atoms with Crippen LogP contribution in [-0.4, -0.2) is 11.7 Å². The molecule has 0 amide bonds. The van der Waals surface area contributed by atoms with Crippen molar-refractivity contribution in [1.82, 2.24) is 0 Å². The highest BCUT2D eigenvalue weighted by Gasteiger charge is 1.85. The molecule has 0 aliphatic heterocycles. The number of hydrogen-bond donors (Lipinski definition) is 0. The Balaban J connectivity index is 2.81. The minimum absolute atomic E-state index is 0.491. The van der Waals surface area contributed by atoms with Crippen molar-refractivity contribution in [2.24, 2.45) is 0 Å². The third kappa shape index (κ3) is 4.10. The molecule has 0 N–H and O–H groups in total. The summed E-state index contributed by atoms with van der Waals surface area (Å²) >= 11 is 0. The van der Waals surface area contributed by atoms with Gasteiger partial charge in [0.1, 0.15) is 6.03 Å². The van der Waals surface area contributed by atoms with Crippen LogP contribution in [0, 0.1) is 0 Å². The summed E-state index contributed by atoms with van der Waals surface area (Å²) in [5.74, 6) is 0. The SMILES string of the molecule is CC(C)PC=O. The highest BCUT2D eigenvalue weighted by Crippen LogP contribution is 2.10. The quantitative estimate of drug-likeness (QED) is 0.380. The second-order valence-electron chi connectivity index (χ2n) is 1.44. The molecule has 0 rings (SSSR count). The molecular weight excluding hydrogens is 95.0 g/mol. The summed E-state index contributed by atoms with van der Waals surface area (Å²) in [5.41, 5.74) is 0.558. The molecule has 1 atom stereocenters. The largest absolute Gasteiger partial charge is 0.299 e. The van der Waals surface area contributed by atoms with Crippen molar-refractivity contribution >= 4 is 14.6 Å². The molecule has 36 valence electrons. The van der Waals surface area contributed by atoms with E-state index in [1.807, 2.05) is 13.8 Å². The van der Waals surface area contributed by atoms with Gasteiger partial charge in [0.15, 0.2) is 0 Å². The molecule has 2 heteroatoms. The van der Waals surface area contributed by atoms with Crippen molar-refractivity contribution < 1.29 is 4.79 Å². The first-order valence-corrected chi connectivity index (χ1v) is 3.12. The van der Waals surface area contributed by atoms with Crippen molar-refractivity contribution in [3.05, 3.63) is 0 Å². The Hall–Kier alpha value is 0.100. The van der Waals surface area contributed by atoms with E-state index >= 15 is 0 Å². The van der Waals surface area contributed by atoms with Crippen molar-refractivity contribution in [1.29, 1.82) is 0 Å². The Labute approximate surface area is 39.9 Å². The molecule has 0 heterocycles. The summed E-state index contributed by atoms with van der Waals surface area (Å²) in [5, 5.41) is 0. The van der Waals surface area contributed by atoms with E-state index in [0.717, 1.165) is 6.03 Å². The standard InChI is InChI=1S/C4H9OP/c1-4(2)6-3-5/h3-4,6H,1-2H3. The maximum atomic E-state index is 9.63. The zero-order chi connectivity index (χ0) is 4.99. The monoisotopic (exact) mass is 104 g/mol. The maximum absolute atomic E-state index is 9.63. The van der Waals surface area contributed by atoms with Gasteiger partial charge in [-0.1, -0.05) is 22.4 Å². The Morgan fingerprint density at radius 1 is 1.67 bits per heavy atom. The second kappa shape index (κ2) is 3.30. The second-order valence-corrected chi connectivity index (χ2v) is 3.16. The lowest BCUT2D eigenvalue weighted by Crippen LogP contribution is -1.79. The van der Waals surface area contributed by atoms with Crippen LogP contribution in [0.1, 0.15) is 13.8 Å². The lowest BCUT2D eigenvalue weighted by Gasteiger charge is -1.90. The first-order valence-electron chi connectivity index (χ1n) is 1.97. The van der Waals surface area contributed by atoms with E-state index < -0.39 is 0 Å². The maximum Gasteiger partial charge on any atom is 0.139 e. The smallest absolute Gasteiger partial charge is 0.139 e. The van der Waals surface area contributed by atoms with E-state index in [9.17, 15) is 4.79 Å². The van der Waals surface area contributed by atoms with Crippen LogP contribution in [0.25, 0.3) is 0 Å². The first kappa shape index (κ1) is 6.10. The molecule has 0 aromatic heterocycles. The van der Waals surface area contributed by atoms with Crippen molar-refractivity contribution in [3.63, 3.8) is 0 Å². The summed E-state index contributed by atoms with van der Waals surface area (Å²) in [6.45, 7) is 4.07. The third-order valence-corrected chi connectivity index (χ3v) is 1.20. The van der Waals surface area contributed by atoms with Gasteiger partial charge in [-0.2, -0.15) is 0 Å².